The third-order valence-corrected chi connectivity index (χ3v) is 4.45. The van der Waals surface area contributed by atoms with Crippen LogP contribution in [0.5, 0.6) is 0 Å². The molecule has 0 saturated carbocycles. The number of aromatic nitrogens is 1. The second-order valence-corrected chi connectivity index (χ2v) is 5.92. The molecule has 0 spiro atoms. The highest BCUT2D eigenvalue weighted by Crippen LogP contribution is 2.31. The molecule has 6 heteroatoms. The van der Waals surface area contributed by atoms with Crippen molar-refractivity contribution >= 4 is 23.2 Å². The van der Waals surface area contributed by atoms with Gasteiger partial charge in [0.1, 0.15) is 0 Å². The highest BCUT2D eigenvalue weighted by molar-refractivity contribution is 7.15. The van der Waals surface area contributed by atoms with Gasteiger partial charge < -0.3 is 9.64 Å². The predicted octanol–water partition coefficient (Wildman–Crippen LogP) is 2.62. The monoisotopic (exact) mass is 318 g/mol. The average Bonchev–Trinajstić information content (AvgIpc) is 2.96. The van der Waals surface area contributed by atoms with Gasteiger partial charge in [0, 0.05) is 26.9 Å². The Morgan fingerprint density at radius 1 is 1.27 bits per heavy atom. The molecule has 1 amide bonds. The first-order chi connectivity index (χ1) is 10.5. The van der Waals surface area contributed by atoms with Gasteiger partial charge in [-0.05, 0) is 5.56 Å². The van der Waals surface area contributed by atoms with Crippen molar-refractivity contribution < 1.29 is 14.3 Å². The molecule has 0 fully saturated rings. The van der Waals surface area contributed by atoms with E-state index in [1.807, 2.05) is 30.3 Å². The number of ether oxygens (including phenoxy) is 1. The molecule has 0 unspecified atom stereocenters. The van der Waals surface area contributed by atoms with Crippen LogP contribution in [-0.4, -0.2) is 42.5 Å². The molecule has 0 bridgehead atoms. The maximum atomic E-state index is 11.9. The molecule has 116 valence electrons. The molecular formula is C16H18N2O3S. The molecule has 0 aliphatic rings. The number of esters is 1. The molecule has 0 saturated heterocycles. The predicted molar refractivity (Wildman–Crippen MR) is 85.9 cm³/mol. The summed E-state index contributed by atoms with van der Waals surface area (Å²) in [4.78, 5) is 30.0. The van der Waals surface area contributed by atoms with Crippen LogP contribution < -0.4 is 0 Å². The Balaban J connectivity index is 2.29. The lowest BCUT2D eigenvalue weighted by Gasteiger charge is -2.12. The Morgan fingerprint density at radius 3 is 2.55 bits per heavy atom. The first-order valence-electron chi connectivity index (χ1n) is 6.88. The third-order valence-electron chi connectivity index (χ3n) is 3.28. The number of likely N-dealkylation sites (N-methyl/N-ethyl adjacent to an activating group) is 1. The summed E-state index contributed by atoms with van der Waals surface area (Å²) in [6, 6.07) is 9.63. The quantitative estimate of drug-likeness (QED) is 0.795. The van der Waals surface area contributed by atoms with Crippen LogP contribution in [0.25, 0.3) is 10.4 Å². The lowest BCUT2D eigenvalue weighted by atomic mass is 10.1. The van der Waals surface area contributed by atoms with Crippen molar-refractivity contribution in [3.63, 3.8) is 0 Å². The largest absolute Gasteiger partial charge is 0.464 e. The van der Waals surface area contributed by atoms with E-state index in [4.69, 9.17) is 4.74 Å². The smallest absolute Gasteiger partial charge is 0.358 e. The van der Waals surface area contributed by atoms with Gasteiger partial charge in [-0.25, -0.2) is 9.78 Å². The van der Waals surface area contributed by atoms with E-state index in [1.165, 1.54) is 25.4 Å². The van der Waals surface area contributed by atoms with Gasteiger partial charge in [-0.1, -0.05) is 30.3 Å². The van der Waals surface area contributed by atoms with Crippen LogP contribution in [0.3, 0.4) is 0 Å². The molecule has 1 aromatic carbocycles. The zero-order valence-corrected chi connectivity index (χ0v) is 13.6. The average molecular weight is 318 g/mol. The number of carbonyl (C=O) groups is 2. The van der Waals surface area contributed by atoms with E-state index in [-0.39, 0.29) is 5.91 Å². The van der Waals surface area contributed by atoms with E-state index >= 15 is 0 Å². The number of methoxy groups -OCH3 is 1. The third kappa shape index (κ3) is 3.71. The van der Waals surface area contributed by atoms with Crippen molar-refractivity contribution in [2.45, 2.75) is 13.3 Å². The molecule has 22 heavy (non-hydrogen) atoms. The van der Waals surface area contributed by atoms with Crippen molar-refractivity contribution in [1.29, 1.82) is 0 Å². The lowest BCUT2D eigenvalue weighted by molar-refractivity contribution is -0.127. The molecule has 1 heterocycles. The maximum Gasteiger partial charge on any atom is 0.358 e. The van der Waals surface area contributed by atoms with Gasteiger partial charge in [-0.3, -0.25) is 4.79 Å². The van der Waals surface area contributed by atoms with Crippen molar-refractivity contribution in [2.24, 2.45) is 0 Å². The van der Waals surface area contributed by atoms with Crippen LogP contribution in [-0.2, 0) is 16.0 Å². The Labute approximate surface area is 133 Å². The minimum absolute atomic E-state index is 0.00744. The van der Waals surface area contributed by atoms with Crippen LogP contribution in [0.2, 0.25) is 0 Å². The number of amides is 1. The Hall–Kier alpha value is -2.21. The van der Waals surface area contributed by atoms with E-state index < -0.39 is 5.97 Å². The highest BCUT2D eigenvalue weighted by atomic mass is 32.1. The van der Waals surface area contributed by atoms with Gasteiger partial charge in [-0.2, -0.15) is 0 Å². The van der Waals surface area contributed by atoms with Gasteiger partial charge >= 0.3 is 5.97 Å². The molecule has 5 nitrogen and oxygen atoms in total. The van der Waals surface area contributed by atoms with Gasteiger partial charge in [0.15, 0.2) is 5.69 Å². The Morgan fingerprint density at radius 2 is 1.95 bits per heavy atom. The number of benzene rings is 1. The normalized spacial score (nSPS) is 10.3. The van der Waals surface area contributed by atoms with Crippen molar-refractivity contribution in [3.8, 4) is 10.4 Å². The molecule has 1 aromatic heterocycles. The number of carbonyl (C=O) groups excluding carboxylic acids is 2. The fourth-order valence-corrected chi connectivity index (χ4v) is 2.96. The van der Waals surface area contributed by atoms with Crippen LogP contribution in [0.1, 0.15) is 22.4 Å². The molecule has 0 aliphatic heterocycles. The SMILES string of the molecule is COC(=O)c1nc(CCN(C)C(C)=O)sc1-c1ccccc1. The Bertz CT molecular complexity index is 667. The van der Waals surface area contributed by atoms with Crippen molar-refractivity contribution in [3.05, 3.63) is 41.0 Å². The summed E-state index contributed by atoms with van der Waals surface area (Å²) >= 11 is 1.46. The molecule has 0 aliphatic carbocycles. The summed E-state index contributed by atoms with van der Waals surface area (Å²) in [5.41, 5.74) is 1.27. The molecule has 2 aromatic rings. The van der Waals surface area contributed by atoms with Gasteiger partial charge in [0.2, 0.25) is 5.91 Å². The van der Waals surface area contributed by atoms with Crippen molar-refractivity contribution in [2.75, 3.05) is 20.7 Å². The summed E-state index contributed by atoms with van der Waals surface area (Å²) in [6.07, 6.45) is 0.609. The number of hydrogen-bond donors (Lipinski definition) is 0. The van der Waals surface area contributed by atoms with Gasteiger partial charge in [0.05, 0.1) is 17.0 Å². The minimum atomic E-state index is -0.443. The van der Waals surface area contributed by atoms with E-state index in [2.05, 4.69) is 4.98 Å². The van der Waals surface area contributed by atoms with Crippen LogP contribution in [0.15, 0.2) is 30.3 Å². The lowest BCUT2D eigenvalue weighted by Crippen LogP contribution is -2.26. The van der Waals surface area contributed by atoms with Crippen LogP contribution >= 0.6 is 11.3 Å². The van der Waals surface area contributed by atoms with E-state index in [1.54, 1.807) is 11.9 Å². The fourth-order valence-electron chi connectivity index (χ4n) is 1.91. The summed E-state index contributed by atoms with van der Waals surface area (Å²) in [5, 5.41) is 0.812. The Kier molecular flexibility index (Phi) is 5.27. The maximum absolute atomic E-state index is 11.9. The van der Waals surface area contributed by atoms with Crippen molar-refractivity contribution in [1.82, 2.24) is 9.88 Å². The minimum Gasteiger partial charge on any atom is -0.464 e. The molecule has 0 radical (unpaired) electrons. The van der Waals surface area contributed by atoms with Gasteiger partial charge in [-0.15, -0.1) is 11.3 Å². The fraction of sp³-hybridized carbons (Fsp3) is 0.312. The summed E-state index contributed by atoms with van der Waals surface area (Å²) in [5.74, 6) is -0.436. The standard InChI is InChI=1S/C16H18N2O3S/c1-11(19)18(2)10-9-13-17-14(16(20)21-3)15(22-13)12-7-5-4-6-8-12/h4-8H,9-10H2,1-3H3. The zero-order chi connectivity index (χ0) is 16.1. The topological polar surface area (TPSA) is 59.5 Å². The second-order valence-electron chi connectivity index (χ2n) is 4.83. The van der Waals surface area contributed by atoms with E-state index in [0.29, 0.717) is 18.7 Å². The first kappa shape index (κ1) is 16.2. The number of thiazole rings is 1. The van der Waals surface area contributed by atoms with E-state index in [0.717, 1.165) is 15.4 Å². The highest BCUT2D eigenvalue weighted by Gasteiger charge is 2.20. The number of nitrogens with zero attached hydrogens (tertiary/aromatic N) is 2. The summed E-state index contributed by atoms with van der Waals surface area (Å²) < 4.78 is 4.82. The number of rotatable bonds is 5. The molecule has 0 N–H and O–H groups in total. The first-order valence-corrected chi connectivity index (χ1v) is 7.69. The van der Waals surface area contributed by atoms with E-state index in [9.17, 15) is 9.59 Å². The van der Waals surface area contributed by atoms with Crippen LogP contribution in [0.4, 0.5) is 0 Å². The second kappa shape index (κ2) is 7.17. The molecule has 2 rings (SSSR count). The van der Waals surface area contributed by atoms with Gasteiger partial charge in [0.25, 0.3) is 0 Å². The zero-order valence-electron chi connectivity index (χ0n) is 12.8. The number of hydrogen-bond acceptors (Lipinski definition) is 5. The molecule has 0 atom stereocenters. The summed E-state index contributed by atoms with van der Waals surface area (Å²) in [7, 11) is 3.09. The summed E-state index contributed by atoms with van der Waals surface area (Å²) in [6.45, 7) is 2.09. The van der Waals surface area contributed by atoms with Crippen LogP contribution in [0, 0.1) is 0 Å². The molecular weight excluding hydrogens is 300 g/mol.